The lowest BCUT2D eigenvalue weighted by molar-refractivity contribution is 0.141. The van der Waals surface area contributed by atoms with Crippen molar-refractivity contribution < 1.29 is 4.74 Å². The van der Waals surface area contributed by atoms with Gasteiger partial charge in [0.2, 0.25) is 0 Å². The van der Waals surface area contributed by atoms with E-state index in [0.29, 0.717) is 6.04 Å². The maximum atomic E-state index is 5.37. The van der Waals surface area contributed by atoms with Gasteiger partial charge in [-0.05, 0) is 31.9 Å². The van der Waals surface area contributed by atoms with Gasteiger partial charge in [0, 0.05) is 19.3 Å². The van der Waals surface area contributed by atoms with Gasteiger partial charge in [-0.15, -0.1) is 0 Å². The smallest absolute Gasteiger partial charge is 0.0466 e. The standard InChI is InChI=1S/C14H23NO/c1-3-15-14(11-8-12-16-4-2)13-9-6-5-7-10-13/h5-7,9-10,14-15H,3-4,8,11-12H2,1-2H3. The number of hydrogen-bond donors (Lipinski definition) is 1. The summed E-state index contributed by atoms with van der Waals surface area (Å²) >= 11 is 0. The highest BCUT2D eigenvalue weighted by molar-refractivity contribution is 5.18. The fourth-order valence-electron chi connectivity index (χ4n) is 1.85. The van der Waals surface area contributed by atoms with E-state index in [0.717, 1.165) is 32.6 Å². The van der Waals surface area contributed by atoms with Gasteiger partial charge >= 0.3 is 0 Å². The van der Waals surface area contributed by atoms with Gasteiger partial charge in [-0.3, -0.25) is 0 Å². The topological polar surface area (TPSA) is 21.3 Å². The van der Waals surface area contributed by atoms with Crippen LogP contribution in [0, 0.1) is 0 Å². The summed E-state index contributed by atoms with van der Waals surface area (Å²) < 4.78 is 5.37. The van der Waals surface area contributed by atoms with Crippen molar-refractivity contribution in [3.05, 3.63) is 35.9 Å². The molecule has 0 aliphatic heterocycles. The van der Waals surface area contributed by atoms with Crippen LogP contribution in [0.25, 0.3) is 0 Å². The molecule has 1 rings (SSSR count). The van der Waals surface area contributed by atoms with E-state index in [-0.39, 0.29) is 0 Å². The fraction of sp³-hybridized carbons (Fsp3) is 0.571. The number of ether oxygens (including phenoxy) is 1. The van der Waals surface area contributed by atoms with Gasteiger partial charge in [0.25, 0.3) is 0 Å². The first-order valence-electron chi connectivity index (χ1n) is 6.24. The molecule has 0 fully saturated rings. The van der Waals surface area contributed by atoms with Crippen molar-refractivity contribution in [2.24, 2.45) is 0 Å². The average Bonchev–Trinajstić information content (AvgIpc) is 2.34. The normalized spacial score (nSPS) is 12.6. The molecule has 16 heavy (non-hydrogen) atoms. The van der Waals surface area contributed by atoms with Gasteiger partial charge in [-0.25, -0.2) is 0 Å². The second kappa shape index (κ2) is 8.31. The van der Waals surface area contributed by atoms with Crippen LogP contribution in [0.3, 0.4) is 0 Å². The molecule has 1 unspecified atom stereocenters. The Morgan fingerprint density at radius 3 is 2.56 bits per heavy atom. The first-order valence-corrected chi connectivity index (χ1v) is 6.24. The molecule has 1 aromatic rings. The first kappa shape index (κ1) is 13.2. The van der Waals surface area contributed by atoms with Crippen molar-refractivity contribution in [1.82, 2.24) is 5.32 Å². The Labute approximate surface area is 99.0 Å². The molecule has 90 valence electrons. The summed E-state index contributed by atoms with van der Waals surface area (Å²) in [6.45, 7) is 6.88. The van der Waals surface area contributed by atoms with E-state index >= 15 is 0 Å². The van der Waals surface area contributed by atoms with Crippen LogP contribution in [-0.2, 0) is 4.74 Å². The zero-order valence-corrected chi connectivity index (χ0v) is 10.4. The lowest BCUT2D eigenvalue weighted by atomic mass is 10.0. The van der Waals surface area contributed by atoms with E-state index in [9.17, 15) is 0 Å². The number of benzene rings is 1. The highest BCUT2D eigenvalue weighted by Crippen LogP contribution is 2.17. The number of hydrogen-bond acceptors (Lipinski definition) is 2. The summed E-state index contributed by atoms with van der Waals surface area (Å²) in [6, 6.07) is 11.1. The van der Waals surface area contributed by atoms with E-state index in [1.807, 2.05) is 6.92 Å². The fourth-order valence-corrected chi connectivity index (χ4v) is 1.85. The maximum absolute atomic E-state index is 5.37. The number of rotatable bonds is 8. The molecule has 0 saturated carbocycles. The van der Waals surface area contributed by atoms with Crippen LogP contribution in [0.5, 0.6) is 0 Å². The van der Waals surface area contributed by atoms with Crippen molar-refractivity contribution in [1.29, 1.82) is 0 Å². The second-order valence-corrected chi connectivity index (χ2v) is 3.86. The maximum Gasteiger partial charge on any atom is 0.0466 e. The van der Waals surface area contributed by atoms with E-state index in [2.05, 4.69) is 42.6 Å². The molecule has 0 aromatic heterocycles. The molecule has 0 aliphatic rings. The summed E-state index contributed by atoms with van der Waals surface area (Å²) in [7, 11) is 0. The Hall–Kier alpha value is -0.860. The Kier molecular flexibility index (Phi) is 6.86. The minimum atomic E-state index is 0.464. The molecular formula is C14H23NO. The summed E-state index contributed by atoms with van der Waals surface area (Å²) in [5.74, 6) is 0. The van der Waals surface area contributed by atoms with E-state index < -0.39 is 0 Å². The second-order valence-electron chi connectivity index (χ2n) is 3.86. The van der Waals surface area contributed by atoms with Crippen LogP contribution in [0.1, 0.15) is 38.3 Å². The van der Waals surface area contributed by atoms with Gasteiger partial charge in [-0.1, -0.05) is 37.3 Å². The van der Waals surface area contributed by atoms with Crippen LogP contribution in [-0.4, -0.2) is 19.8 Å². The summed E-state index contributed by atoms with van der Waals surface area (Å²) in [6.07, 6.45) is 2.25. The number of nitrogens with one attached hydrogen (secondary N) is 1. The predicted octanol–water partition coefficient (Wildman–Crippen LogP) is 3.15. The molecule has 0 amide bonds. The molecule has 2 nitrogen and oxygen atoms in total. The summed E-state index contributed by atoms with van der Waals surface area (Å²) in [5, 5.41) is 3.52. The average molecular weight is 221 g/mol. The Balaban J connectivity index is 2.41. The van der Waals surface area contributed by atoms with Crippen molar-refractivity contribution in [3.8, 4) is 0 Å². The lowest BCUT2D eigenvalue weighted by Crippen LogP contribution is -2.21. The zero-order valence-electron chi connectivity index (χ0n) is 10.4. The van der Waals surface area contributed by atoms with Crippen LogP contribution >= 0.6 is 0 Å². The van der Waals surface area contributed by atoms with Crippen molar-refractivity contribution in [2.75, 3.05) is 19.8 Å². The van der Waals surface area contributed by atoms with Crippen molar-refractivity contribution in [3.63, 3.8) is 0 Å². The highest BCUT2D eigenvalue weighted by Gasteiger charge is 2.08. The Morgan fingerprint density at radius 1 is 1.19 bits per heavy atom. The zero-order chi connectivity index (χ0) is 11.6. The van der Waals surface area contributed by atoms with Gasteiger partial charge in [-0.2, -0.15) is 0 Å². The molecule has 0 bridgehead atoms. The molecule has 1 aromatic carbocycles. The molecule has 1 atom stereocenters. The third-order valence-corrected chi connectivity index (χ3v) is 2.64. The highest BCUT2D eigenvalue weighted by atomic mass is 16.5. The minimum absolute atomic E-state index is 0.464. The van der Waals surface area contributed by atoms with E-state index in [1.165, 1.54) is 5.56 Å². The quantitative estimate of drug-likeness (QED) is 0.681. The third kappa shape index (κ3) is 4.77. The van der Waals surface area contributed by atoms with Crippen molar-refractivity contribution in [2.45, 2.75) is 32.7 Å². The van der Waals surface area contributed by atoms with Crippen molar-refractivity contribution >= 4 is 0 Å². The van der Waals surface area contributed by atoms with Gasteiger partial charge in [0.05, 0.1) is 0 Å². The first-order chi connectivity index (χ1) is 7.88. The largest absolute Gasteiger partial charge is 0.382 e. The molecule has 0 heterocycles. The summed E-state index contributed by atoms with van der Waals surface area (Å²) in [5.41, 5.74) is 1.38. The molecule has 2 heteroatoms. The Bertz CT molecular complexity index is 261. The molecule has 1 N–H and O–H groups in total. The van der Waals surface area contributed by atoms with E-state index in [4.69, 9.17) is 4.74 Å². The molecule has 0 aliphatic carbocycles. The SMILES string of the molecule is CCNC(CCCOCC)c1ccccc1. The van der Waals surface area contributed by atoms with Crippen LogP contribution in [0.4, 0.5) is 0 Å². The van der Waals surface area contributed by atoms with Crippen LogP contribution < -0.4 is 5.32 Å². The van der Waals surface area contributed by atoms with Crippen LogP contribution in [0.15, 0.2) is 30.3 Å². The van der Waals surface area contributed by atoms with Gasteiger partial charge < -0.3 is 10.1 Å². The van der Waals surface area contributed by atoms with E-state index in [1.54, 1.807) is 0 Å². The van der Waals surface area contributed by atoms with Gasteiger partial charge in [0.15, 0.2) is 0 Å². The molecular weight excluding hydrogens is 198 g/mol. The van der Waals surface area contributed by atoms with Gasteiger partial charge in [0.1, 0.15) is 0 Å². The molecule has 0 saturated heterocycles. The Morgan fingerprint density at radius 2 is 1.94 bits per heavy atom. The minimum Gasteiger partial charge on any atom is -0.382 e. The summed E-state index contributed by atoms with van der Waals surface area (Å²) in [4.78, 5) is 0. The molecule has 0 radical (unpaired) electrons. The predicted molar refractivity (Wildman–Crippen MR) is 68.6 cm³/mol. The third-order valence-electron chi connectivity index (χ3n) is 2.64. The van der Waals surface area contributed by atoms with Crippen LogP contribution in [0.2, 0.25) is 0 Å². The monoisotopic (exact) mass is 221 g/mol. The molecule has 0 spiro atoms. The lowest BCUT2D eigenvalue weighted by Gasteiger charge is -2.18.